The Kier molecular flexibility index (Phi) is 7.21. The molecule has 0 radical (unpaired) electrons. The van der Waals surface area contributed by atoms with Crippen LogP contribution in [-0.2, 0) is 6.42 Å². The summed E-state index contributed by atoms with van der Waals surface area (Å²) >= 11 is 0. The smallest absolute Gasteiger partial charge is 0.0948 e. The zero-order valence-electron chi connectivity index (χ0n) is 14.1. The van der Waals surface area contributed by atoms with Crippen molar-refractivity contribution in [3.63, 3.8) is 0 Å². The van der Waals surface area contributed by atoms with Crippen molar-refractivity contribution in [3.05, 3.63) is 54.6 Å². The van der Waals surface area contributed by atoms with Crippen molar-refractivity contribution >= 4 is 0 Å². The Bertz CT molecular complexity index is 490. The molecule has 1 heterocycles. The van der Waals surface area contributed by atoms with Crippen LogP contribution in [0.1, 0.15) is 64.0 Å². The topological polar surface area (TPSA) is 17.8 Å². The summed E-state index contributed by atoms with van der Waals surface area (Å²) in [7, 11) is 0. The number of aromatic nitrogens is 2. The molecule has 0 fully saturated rings. The molecule has 0 amide bonds. The number of rotatable bonds is 10. The second-order valence-corrected chi connectivity index (χ2v) is 6.31. The molecule has 0 spiro atoms. The summed E-state index contributed by atoms with van der Waals surface area (Å²) in [5.74, 6) is 0.697. The van der Waals surface area contributed by atoms with Gasteiger partial charge in [0.1, 0.15) is 0 Å². The fraction of sp³-hybridized carbons (Fsp3) is 0.550. The Balaban J connectivity index is 2.15. The lowest BCUT2D eigenvalue weighted by Crippen LogP contribution is -2.21. The van der Waals surface area contributed by atoms with Crippen LogP contribution in [0.5, 0.6) is 0 Å². The molecule has 1 aromatic heterocycles. The molecule has 2 rings (SSSR count). The van der Waals surface area contributed by atoms with E-state index in [4.69, 9.17) is 0 Å². The highest BCUT2D eigenvalue weighted by Gasteiger charge is 2.22. The standard InChI is InChI=1S/C20H30N2/c1-3-5-12-19(16-18-10-8-7-9-11-18)20(13-6-4-2)22-15-14-21-17-22/h7-11,14-15,17,19-20H,3-6,12-13,16H2,1-2H3. The van der Waals surface area contributed by atoms with Crippen LogP contribution in [0.15, 0.2) is 49.1 Å². The van der Waals surface area contributed by atoms with E-state index < -0.39 is 0 Å². The minimum absolute atomic E-state index is 0.578. The van der Waals surface area contributed by atoms with E-state index in [0.717, 1.165) is 0 Å². The molecule has 0 aliphatic rings. The van der Waals surface area contributed by atoms with Crippen molar-refractivity contribution in [1.82, 2.24) is 9.55 Å². The normalized spacial score (nSPS) is 13.9. The fourth-order valence-electron chi connectivity index (χ4n) is 3.32. The van der Waals surface area contributed by atoms with Crippen LogP contribution in [0.4, 0.5) is 0 Å². The van der Waals surface area contributed by atoms with Gasteiger partial charge in [-0.05, 0) is 30.7 Å². The van der Waals surface area contributed by atoms with Crippen LogP contribution in [0.3, 0.4) is 0 Å². The lowest BCUT2D eigenvalue weighted by atomic mass is 9.85. The molecular formula is C20H30N2. The molecule has 2 aromatic rings. The quantitative estimate of drug-likeness (QED) is 0.553. The number of imidazole rings is 1. The summed E-state index contributed by atoms with van der Waals surface area (Å²) in [5, 5.41) is 0. The predicted molar refractivity (Wildman–Crippen MR) is 94.0 cm³/mol. The van der Waals surface area contributed by atoms with Crippen LogP contribution in [0, 0.1) is 5.92 Å². The van der Waals surface area contributed by atoms with Gasteiger partial charge in [-0.1, -0.05) is 69.9 Å². The van der Waals surface area contributed by atoms with Gasteiger partial charge in [-0.2, -0.15) is 0 Å². The molecule has 0 bridgehead atoms. The highest BCUT2D eigenvalue weighted by Crippen LogP contribution is 2.31. The summed E-state index contributed by atoms with van der Waals surface area (Å²) in [6, 6.07) is 11.5. The first-order chi connectivity index (χ1) is 10.8. The van der Waals surface area contributed by atoms with E-state index in [1.807, 2.05) is 12.5 Å². The molecule has 0 N–H and O–H groups in total. The van der Waals surface area contributed by atoms with Crippen LogP contribution in [0.25, 0.3) is 0 Å². The third-order valence-electron chi connectivity index (χ3n) is 4.57. The number of benzene rings is 1. The van der Waals surface area contributed by atoms with Crippen LogP contribution >= 0.6 is 0 Å². The monoisotopic (exact) mass is 298 g/mol. The second kappa shape index (κ2) is 9.45. The Morgan fingerprint density at radius 2 is 1.73 bits per heavy atom. The van der Waals surface area contributed by atoms with Gasteiger partial charge in [-0.3, -0.25) is 0 Å². The lowest BCUT2D eigenvalue weighted by Gasteiger charge is -2.29. The summed E-state index contributed by atoms with van der Waals surface area (Å²) in [6.45, 7) is 4.57. The SMILES string of the molecule is CCCCC(Cc1ccccc1)C(CCCC)n1ccnc1. The van der Waals surface area contributed by atoms with E-state index in [0.29, 0.717) is 12.0 Å². The molecule has 0 aliphatic carbocycles. The number of nitrogens with zero attached hydrogens (tertiary/aromatic N) is 2. The maximum atomic E-state index is 4.28. The Morgan fingerprint density at radius 1 is 1.00 bits per heavy atom. The largest absolute Gasteiger partial charge is 0.334 e. The van der Waals surface area contributed by atoms with Gasteiger partial charge in [0, 0.05) is 18.4 Å². The highest BCUT2D eigenvalue weighted by molar-refractivity contribution is 5.15. The zero-order chi connectivity index (χ0) is 15.6. The third-order valence-corrected chi connectivity index (χ3v) is 4.57. The number of hydrogen-bond donors (Lipinski definition) is 0. The van der Waals surface area contributed by atoms with E-state index in [1.165, 1.54) is 50.5 Å². The lowest BCUT2D eigenvalue weighted by molar-refractivity contribution is 0.279. The van der Waals surface area contributed by atoms with Crippen molar-refractivity contribution in [2.24, 2.45) is 5.92 Å². The van der Waals surface area contributed by atoms with Gasteiger partial charge in [0.05, 0.1) is 6.33 Å². The zero-order valence-corrected chi connectivity index (χ0v) is 14.1. The van der Waals surface area contributed by atoms with Crippen molar-refractivity contribution in [3.8, 4) is 0 Å². The summed E-state index contributed by atoms with van der Waals surface area (Å²) in [5.41, 5.74) is 1.46. The average molecular weight is 298 g/mol. The molecule has 2 heteroatoms. The second-order valence-electron chi connectivity index (χ2n) is 6.31. The van der Waals surface area contributed by atoms with Crippen molar-refractivity contribution in [1.29, 1.82) is 0 Å². The minimum atomic E-state index is 0.578. The summed E-state index contributed by atoms with van der Waals surface area (Å²) < 4.78 is 2.35. The maximum Gasteiger partial charge on any atom is 0.0948 e. The van der Waals surface area contributed by atoms with Gasteiger partial charge in [0.25, 0.3) is 0 Å². The van der Waals surface area contributed by atoms with Crippen molar-refractivity contribution < 1.29 is 0 Å². The average Bonchev–Trinajstić information content (AvgIpc) is 3.08. The summed E-state index contributed by atoms with van der Waals surface area (Å²) in [4.78, 5) is 4.28. The number of hydrogen-bond acceptors (Lipinski definition) is 1. The molecule has 120 valence electrons. The van der Waals surface area contributed by atoms with Gasteiger partial charge < -0.3 is 4.57 Å². The molecule has 2 atom stereocenters. The van der Waals surface area contributed by atoms with E-state index in [-0.39, 0.29) is 0 Å². The fourth-order valence-corrected chi connectivity index (χ4v) is 3.32. The molecule has 1 aromatic carbocycles. The predicted octanol–water partition coefficient (Wildman–Crippen LogP) is 5.66. The van der Waals surface area contributed by atoms with Crippen molar-refractivity contribution in [2.75, 3.05) is 0 Å². The molecule has 0 saturated heterocycles. The minimum Gasteiger partial charge on any atom is -0.334 e. The summed E-state index contributed by atoms with van der Waals surface area (Å²) in [6.07, 6.45) is 14.9. The van der Waals surface area contributed by atoms with Crippen LogP contribution in [0.2, 0.25) is 0 Å². The van der Waals surface area contributed by atoms with Gasteiger partial charge in [0.15, 0.2) is 0 Å². The van der Waals surface area contributed by atoms with Gasteiger partial charge >= 0.3 is 0 Å². The number of unbranched alkanes of at least 4 members (excludes halogenated alkanes) is 2. The first-order valence-electron chi connectivity index (χ1n) is 8.86. The Hall–Kier alpha value is -1.57. The first kappa shape index (κ1) is 16.8. The van der Waals surface area contributed by atoms with Gasteiger partial charge in [-0.25, -0.2) is 4.98 Å². The van der Waals surface area contributed by atoms with E-state index in [9.17, 15) is 0 Å². The molecule has 0 aliphatic heterocycles. The molecule has 2 nitrogen and oxygen atoms in total. The van der Waals surface area contributed by atoms with E-state index in [2.05, 4.69) is 59.9 Å². The van der Waals surface area contributed by atoms with Crippen molar-refractivity contribution in [2.45, 2.75) is 64.8 Å². The molecule has 22 heavy (non-hydrogen) atoms. The Morgan fingerprint density at radius 3 is 2.36 bits per heavy atom. The van der Waals surface area contributed by atoms with Gasteiger partial charge in [-0.15, -0.1) is 0 Å². The molecule has 0 saturated carbocycles. The molecule has 2 unspecified atom stereocenters. The van der Waals surface area contributed by atoms with E-state index in [1.54, 1.807) is 0 Å². The van der Waals surface area contributed by atoms with Crippen LogP contribution in [-0.4, -0.2) is 9.55 Å². The third kappa shape index (κ3) is 5.01. The van der Waals surface area contributed by atoms with Crippen LogP contribution < -0.4 is 0 Å². The maximum absolute atomic E-state index is 4.28. The first-order valence-corrected chi connectivity index (χ1v) is 8.86. The van der Waals surface area contributed by atoms with E-state index >= 15 is 0 Å². The van der Waals surface area contributed by atoms with Gasteiger partial charge in [0.2, 0.25) is 0 Å². The molecular weight excluding hydrogens is 268 g/mol. The highest BCUT2D eigenvalue weighted by atomic mass is 15.1. The Labute approximate surface area is 135 Å².